The molecule has 0 bridgehead atoms. The van der Waals surface area contributed by atoms with E-state index in [1.54, 1.807) is 14.0 Å². The van der Waals surface area contributed by atoms with Gasteiger partial charge in [-0.05, 0) is 47.6 Å². The zero-order valence-corrected chi connectivity index (χ0v) is 20.2. The topological polar surface area (TPSA) is 78.8 Å². The summed E-state index contributed by atoms with van der Waals surface area (Å²) in [6.45, 7) is 9.06. The van der Waals surface area contributed by atoms with Crippen LogP contribution in [0.3, 0.4) is 0 Å². The molecule has 0 spiro atoms. The van der Waals surface area contributed by atoms with Crippen molar-refractivity contribution in [2.24, 2.45) is 4.99 Å². The zero-order chi connectivity index (χ0) is 19.3. The summed E-state index contributed by atoms with van der Waals surface area (Å²) in [6.07, 6.45) is 2.61. The van der Waals surface area contributed by atoms with Crippen molar-refractivity contribution < 1.29 is 9.53 Å². The first-order chi connectivity index (χ1) is 12.4. The number of hydrogen-bond acceptors (Lipinski definition) is 6. The minimum atomic E-state index is -0.305. The summed E-state index contributed by atoms with van der Waals surface area (Å²) in [5.74, 6) is 0.430. The van der Waals surface area contributed by atoms with Gasteiger partial charge in [0, 0.05) is 25.7 Å². The summed E-state index contributed by atoms with van der Waals surface area (Å²) in [5, 5.41) is 7.57. The Morgan fingerprint density at radius 2 is 2.11 bits per heavy atom. The maximum absolute atomic E-state index is 12.0. The molecule has 1 fully saturated rings. The number of guanidine groups is 1. The first kappa shape index (κ1) is 24.1. The maximum Gasteiger partial charge on any atom is 0.350 e. The van der Waals surface area contributed by atoms with Gasteiger partial charge in [0.1, 0.15) is 9.88 Å². The van der Waals surface area contributed by atoms with E-state index in [1.807, 2.05) is 13.8 Å². The Morgan fingerprint density at radius 3 is 2.67 bits per heavy atom. The molecule has 2 unspecified atom stereocenters. The minimum Gasteiger partial charge on any atom is -0.462 e. The van der Waals surface area contributed by atoms with Crippen LogP contribution in [0.15, 0.2) is 4.99 Å². The van der Waals surface area contributed by atoms with Crippen molar-refractivity contribution >= 4 is 47.2 Å². The van der Waals surface area contributed by atoms with Crippen molar-refractivity contribution in [3.05, 3.63) is 15.6 Å². The van der Waals surface area contributed by atoms with E-state index in [-0.39, 0.29) is 36.0 Å². The Bertz CT molecular complexity index is 648. The standard InChI is InChI=1S/C18H31N5O2S.HI/c1-7-25-17(24)15-12(3)21-16(26-15)13(4)22-18(19-5)20-10-11(2)23(6)14-8-9-14;/h11,13-14H,7-10H2,1-6H3,(H2,19,20,22);1H. The second-order valence-corrected chi connectivity index (χ2v) is 7.78. The van der Waals surface area contributed by atoms with Crippen LogP contribution in [-0.2, 0) is 4.74 Å². The van der Waals surface area contributed by atoms with Gasteiger partial charge in [-0.15, -0.1) is 35.3 Å². The molecule has 154 valence electrons. The van der Waals surface area contributed by atoms with Gasteiger partial charge in [-0.3, -0.25) is 9.89 Å². The molecule has 0 saturated heterocycles. The van der Waals surface area contributed by atoms with Gasteiger partial charge in [0.05, 0.1) is 18.3 Å². The number of carbonyl (C=O) groups excluding carboxylic acids is 1. The third-order valence-corrected chi connectivity index (χ3v) is 5.92. The number of carbonyl (C=O) groups is 1. The average molecular weight is 509 g/mol. The third kappa shape index (κ3) is 6.86. The molecule has 7 nitrogen and oxygen atoms in total. The molecular formula is C18H32IN5O2S. The Balaban J connectivity index is 0.00000364. The fraction of sp³-hybridized carbons (Fsp3) is 0.722. The third-order valence-electron chi connectivity index (χ3n) is 4.60. The maximum atomic E-state index is 12.0. The molecule has 0 aliphatic heterocycles. The molecule has 0 radical (unpaired) electrons. The summed E-state index contributed by atoms with van der Waals surface area (Å²) in [4.78, 5) is 23.8. The predicted octanol–water partition coefficient (Wildman–Crippen LogP) is 2.95. The number of nitrogens with zero attached hydrogens (tertiary/aromatic N) is 3. The fourth-order valence-corrected chi connectivity index (χ4v) is 3.64. The summed E-state index contributed by atoms with van der Waals surface area (Å²) in [5.41, 5.74) is 0.708. The van der Waals surface area contributed by atoms with Crippen molar-refractivity contribution in [1.29, 1.82) is 0 Å². The van der Waals surface area contributed by atoms with E-state index >= 15 is 0 Å². The van der Waals surface area contributed by atoms with Gasteiger partial charge in [-0.25, -0.2) is 9.78 Å². The molecule has 2 atom stereocenters. The van der Waals surface area contributed by atoms with Crippen molar-refractivity contribution in [3.8, 4) is 0 Å². The lowest BCUT2D eigenvalue weighted by Gasteiger charge is -2.26. The number of esters is 1. The highest BCUT2D eigenvalue weighted by molar-refractivity contribution is 14.0. The van der Waals surface area contributed by atoms with Crippen LogP contribution in [0.4, 0.5) is 0 Å². The van der Waals surface area contributed by atoms with Crippen LogP contribution < -0.4 is 10.6 Å². The molecular weight excluding hydrogens is 477 g/mol. The molecule has 2 N–H and O–H groups in total. The van der Waals surface area contributed by atoms with Gasteiger partial charge < -0.3 is 15.4 Å². The second-order valence-electron chi connectivity index (χ2n) is 6.75. The number of rotatable bonds is 8. The van der Waals surface area contributed by atoms with Crippen LogP contribution in [-0.4, -0.2) is 61.1 Å². The number of halogens is 1. The average Bonchev–Trinajstić information content (AvgIpc) is 3.39. The van der Waals surface area contributed by atoms with Crippen molar-refractivity contribution in [3.63, 3.8) is 0 Å². The molecule has 9 heteroatoms. The monoisotopic (exact) mass is 509 g/mol. The zero-order valence-electron chi connectivity index (χ0n) is 17.0. The lowest BCUT2D eigenvalue weighted by atomic mass is 10.3. The van der Waals surface area contributed by atoms with Crippen LogP contribution in [0.2, 0.25) is 0 Å². The van der Waals surface area contributed by atoms with Crippen molar-refractivity contribution in [2.75, 3.05) is 27.2 Å². The van der Waals surface area contributed by atoms with E-state index in [4.69, 9.17) is 4.74 Å². The van der Waals surface area contributed by atoms with Crippen LogP contribution in [0.5, 0.6) is 0 Å². The van der Waals surface area contributed by atoms with E-state index in [0.717, 1.165) is 23.6 Å². The van der Waals surface area contributed by atoms with Crippen LogP contribution in [0, 0.1) is 6.92 Å². The molecule has 1 heterocycles. The molecule has 2 rings (SSSR count). The van der Waals surface area contributed by atoms with E-state index in [2.05, 4.69) is 39.5 Å². The van der Waals surface area contributed by atoms with Gasteiger partial charge in [-0.1, -0.05) is 0 Å². The number of hydrogen-bond donors (Lipinski definition) is 2. The Hall–Kier alpha value is -0.940. The highest BCUT2D eigenvalue weighted by Crippen LogP contribution is 2.27. The first-order valence-electron chi connectivity index (χ1n) is 9.20. The second kappa shape index (κ2) is 11.2. The number of thiazole rings is 1. The Labute approximate surface area is 183 Å². The molecule has 1 aromatic heterocycles. The van der Waals surface area contributed by atoms with Crippen LogP contribution in [0.25, 0.3) is 0 Å². The van der Waals surface area contributed by atoms with Crippen molar-refractivity contribution in [1.82, 2.24) is 20.5 Å². The molecule has 1 saturated carbocycles. The normalized spacial score (nSPS) is 16.5. The van der Waals surface area contributed by atoms with Gasteiger partial charge in [0.15, 0.2) is 5.96 Å². The lowest BCUT2D eigenvalue weighted by Crippen LogP contribution is -2.46. The first-order valence-corrected chi connectivity index (χ1v) is 10.0. The minimum absolute atomic E-state index is 0. The van der Waals surface area contributed by atoms with E-state index in [1.165, 1.54) is 24.2 Å². The molecule has 1 aliphatic carbocycles. The molecule has 1 aromatic rings. The number of nitrogens with one attached hydrogen (secondary N) is 2. The van der Waals surface area contributed by atoms with Gasteiger partial charge in [0.25, 0.3) is 0 Å². The summed E-state index contributed by atoms with van der Waals surface area (Å²) >= 11 is 1.37. The van der Waals surface area contributed by atoms with Gasteiger partial charge in [0.2, 0.25) is 0 Å². The van der Waals surface area contributed by atoms with E-state index < -0.39 is 0 Å². The highest BCUT2D eigenvalue weighted by Gasteiger charge is 2.29. The predicted molar refractivity (Wildman–Crippen MR) is 121 cm³/mol. The number of aliphatic imine (C=N–C) groups is 1. The number of aryl methyl sites for hydroxylation is 1. The Kier molecular flexibility index (Phi) is 9.96. The molecule has 1 aliphatic rings. The molecule has 0 amide bonds. The summed E-state index contributed by atoms with van der Waals surface area (Å²) in [6, 6.07) is 1.12. The highest BCUT2D eigenvalue weighted by atomic mass is 127. The number of likely N-dealkylation sites (N-methyl/N-ethyl adjacent to an activating group) is 1. The largest absolute Gasteiger partial charge is 0.462 e. The summed E-state index contributed by atoms with van der Waals surface area (Å²) < 4.78 is 5.09. The Morgan fingerprint density at radius 1 is 1.44 bits per heavy atom. The number of ether oxygens (including phenoxy) is 1. The van der Waals surface area contributed by atoms with Gasteiger partial charge in [-0.2, -0.15) is 0 Å². The van der Waals surface area contributed by atoms with Gasteiger partial charge >= 0.3 is 5.97 Å². The van der Waals surface area contributed by atoms with Crippen LogP contribution in [0.1, 0.15) is 60.0 Å². The molecule has 27 heavy (non-hydrogen) atoms. The van der Waals surface area contributed by atoms with Crippen LogP contribution >= 0.6 is 35.3 Å². The number of aromatic nitrogens is 1. The SMILES string of the molecule is CCOC(=O)c1sc(C(C)NC(=NC)NCC(C)N(C)C2CC2)nc1C.I. The molecule has 0 aromatic carbocycles. The van der Waals surface area contributed by atoms with E-state index in [9.17, 15) is 4.79 Å². The lowest BCUT2D eigenvalue weighted by molar-refractivity contribution is 0.0531. The quantitative estimate of drug-likeness (QED) is 0.243. The van der Waals surface area contributed by atoms with E-state index in [0.29, 0.717) is 23.2 Å². The smallest absolute Gasteiger partial charge is 0.350 e. The fourth-order valence-electron chi connectivity index (χ4n) is 2.68. The van der Waals surface area contributed by atoms with Crippen molar-refractivity contribution in [2.45, 2.75) is 58.7 Å². The summed E-state index contributed by atoms with van der Waals surface area (Å²) in [7, 11) is 3.94.